The van der Waals surface area contributed by atoms with Gasteiger partial charge in [0.1, 0.15) is 17.8 Å². The van der Waals surface area contributed by atoms with Gasteiger partial charge in [-0.2, -0.15) is 5.10 Å². The van der Waals surface area contributed by atoms with Crippen LogP contribution < -0.4 is 0 Å². The van der Waals surface area contributed by atoms with Crippen LogP contribution in [-0.4, -0.2) is 25.5 Å². The normalized spacial score (nSPS) is 10.7. The molecule has 0 amide bonds. The summed E-state index contributed by atoms with van der Waals surface area (Å²) in [6.45, 7) is 4.75. The summed E-state index contributed by atoms with van der Waals surface area (Å²) in [4.78, 5) is 20.2. The monoisotopic (exact) mass is 250 g/mol. The maximum absolute atomic E-state index is 11.9. The third kappa shape index (κ3) is 2.76. The molecule has 0 fully saturated rings. The van der Waals surface area contributed by atoms with Crippen molar-refractivity contribution in [1.82, 2.24) is 19.7 Å². The van der Waals surface area contributed by atoms with Crippen LogP contribution >= 0.6 is 11.3 Å². The van der Waals surface area contributed by atoms with Gasteiger partial charge in [0.25, 0.3) is 0 Å². The molecule has 0 aliphatic heterocycles. The van der Waals surface area contributed by atoms with E-state index in [1.807, 2.05) is 6.92 Å². The Morgan fingerprint density at radius 1 is 1.53 bits per heavy atom. The molecule has 0 saturated heterocycles. The van der Waals surface area contributed by atoms with Gasteiger partial charge >= 0.3 is 0 Å². The standard InChI is InChI=1S/C11H14N4OS/c1-3-4-15-11(12-7-13-15)5-10(16)9-6-17-8(2)14-9/h6-7H,3-5H2,1-2H3. The highest BCUT2D eigenvalue weighted by Crippen LogP contribution is 2.10. The Balaban J connectivity index is 2.10. The minimum Gasteiger partial charge on any atom is -0.292 e. The summed E-state index contributed by atoms with van der Waals surface area (Å²) in [5.41, 5.74) is 0.526. The number of thiazole rings is 1. The number of rotatable bonds is 5. The van der Waals surface area contributed by atoms with E-state index in [0.29, 0.717) is 11.5 Å². The first-order chi connectivity index (χ1) is 8.20. The molecule has 0 aliphatic carbocycles. The Morgan fingerprint density at radius 2 is 2.35 bits per heavy atom. The molecule has 2 heterocycles. The molecule has 0 saturated carbocycles. The number of nitrogens with zero attached hydrogens (tertiary/aromatic N) is 4. The number of hydrogen-bond acceptors (Lipinski definition) is 5. The van der Waals surface area contributed by atoms with Gasteiger partial charge < -0.3 is 0 Å². The van der Waals surface area contributed by atoms with E-state index in [-0.39, 0.29) is 12.2 Å². The van der Waals surface area contributed by atoms with Gasteiger partial charge in [-0.15, -0.1) is 11.3 Å². The maximum Gasteiger partial charge on any atom is 0.189 e. The second-order valence-corrected chi connectivity index (χ2v) is 4.81. The van der Waals surface area contributed by atoms with E-state index in [1.54, 1.807) is 10.1 Å². The van der Waals surface area contributed by atoms with Crippen molar-refractivity contribution in [2.24, 2.45) is 0 Å². The molecule has 0 bridgehead atoms. The van der Waals surface area contributed by atoms with Gasteiger partial charge in [0.2, 0.25) is 0 Å². The van der Waals surface area contributed by atoms with Crippen molar-refractivity contribution in [2.45, 2.75) is 33.2 Å². The van der Waals surface area contributed by atoms with E-state index >= 15 is 0 Å². The summed E-state index contributed by atoms with van der Waals surface area (Å²) in [5, 5.41) is 6.79. The number of aromatic nitrogens is 4. The molecule has 90 valence electrons. The molecule has 0 aliphatic rings. The summed E-state index contributed by atoms with van der Waals surface area (Å²) in [7, 11) is 0. The van der Waals surface area contributed by atoms with Crippen LogP contribution in [0.3, 0.4) is 0 Å². The van der Waals surface area contributed by atoms with E-state index in [2.05, 4.69) is 22.0 Å². The third-order valence-corrected chi connectivity index (χ3v) is 3.13. The molecular formula is C11H14N4OS. The number of aryl methyl sites for hydroxylation is 2. The molecule has 0 unspecified atom stereocenters. The Hall–Kier alpha value is -1.56. The van der Waals surface area contributed by atoms with Crippen LogP contribution in [0.4, 0.5) is 0 Å². The molecule has 0 aromatic carbocycles. The van der Waals surface area contributed by atoms with Crippen LogP contribution in [0, 0.1) is 6.92 Å². The Morgan fingerprint density at radius 3 is 3.00 bits per heavy atom. The van der Waals surface area contributed by atoms with Crippen molar-refractivity contribution in [2.75, 3.05) is 0 Å². The highest BCUT2D eigenvalue weighted by molar-refractivity contribution is 7.09. The van der Waals surface area contributed by atoms with Crippen molar-refractivity contribution in [3.63, 3.8) is 0 Å². The zero-order chi connectivity index (χ0) is 12.3. The number of ketones is 1. The Labute approximate surface area is 104 Å². The molecule has 2 aromatic heterocycles. The first-order valence-electron chi connectivity index (χ1n) is 5.52. The smallest absolute Gasteiger partial charge is 0.189 e. The quantitative estimate of drug-likeness (QED) is 0.760. The summed E-state index contributed by atoms with van der Waals surface area (Å²) < 4.78 is 1.77. The molecule has 5 nitrogen and oxygen atoms in total. The van der Waals surface area contributed by atoms with Crippen LogP contribution in [0.25, 0.3) is 0 Å². The Kier molecular flexibility index (Phi) is 3.63. The third-order valence-electron chi connectivity index (χ3n) is 2.35. The maximum atomic E-state index is 11.9. The number of hydrogen-bond donors (Lipinski definition) is 0. The fourth-order valence-corrected chi connectivity index (χ4v) is 2.17. The largest absolute Gasteiger partial charge is 0.292 e. The van der Waals surface area contributed by atoms with E-state index in [9.17, 15) is 4.79 Å². The SMILES string of the molecule is CCCn1ncnc1CC(=O)c1csc(C)n1. The number of carbonyl (C=O) groups excluding carboxylic acids is 1. The van der Waals surface area contributed by atoms with Crippen LogP contribution in [0.1, 0.15) is 34.7 Å². The van der Waals surface area contributed by atoms with Crippen LogP contribution in [0.5, 0.6) is 0 Å². The average molecular weight is 250 g/mol. The molecule has 2 rings (SSSR count). The minimum atomic E-state index is -0.000275. The van der Waals surface area contributed by atoms with Crippen molar-refractivity contribution in [1.29, 1.82) is 0 Å². The van der Waals surface area contributed by atoms with Crippen molar-refractivity contribution in [3.05, 3.63) is 28.2 Å². The number of carbonyl (C=O) groups is 1. The number of Topliss-reactive ketones (excluding diaryl/α,β-unsaturated/α-hetero) is 1. The van der Waals surface area contributed by atoms with E-state index in [4.69, 9.17) is 0 Å². The molecule has 2 aromatic rings. The van der Waals surface area contributed by atoms with Crippen LogP contribution in [-0.2, 0) is 13.0 Å². The fraction of sp³-hybridized carbons (Fsp3) is 0.455. The van der Waals surface area contributed by atoms with Gasteiger partial charge in [0.05, 0.1) is 11.4 Å². The highest BCUT2D eigenvalue weighted by atomic mass is 32.1. The fourth-order valence-electron chi connectivity index (χ4n) is 1.55. The van der Waals surface area contributed by atoms with Gasteiger partial charge in [-0.1, -0.05) is 6.92 Å². The molecule has 6 heteroatoms. The first kappa shape index (κ1) is 11.9. The molecule has 0 radical (unpaired) electrons. The second kappa shape index (κ2) is 5.18. The summed E-state index contributed by atoms with van der Waals surface area (Å²) in [5.74, 6) is 0.710. The van der Waals surface area contributed by atoms with Gasteiger partial charge in [-0.25, -0.2) is 14.6 Å². The second-order valence-electron chi connectivity index (χ2n) is 3.75. The summed E-state index contributed by atoms with van der Waals surface area (Å²) >= 11 is 1.49. The van der Waals surface area contributed by atoms with Gasteiger partial charge in [-0.3, -0.25) is 4.79 Å². The lowest BCUT2D eigenvalue weighted by molar-refractivity contribution is 0.0985. The van der Waals surface area contributed by atoms with Gasteiger partial charge in [0, 0.05) is 11.9 Å². The van der Waals surface area contributed by atoms with Crippen molar-refractivity contribution >= 4 is 17.1 Å². The summed E-state index contributed by atoms with van der Waals surface area (Å²) in [6.07, 6.45) is 2.73. The van der Waals surface area contributed by atoms with E-state index in [0.717, 1.165) is 18.0 Å². The highest BCUT2D eigenvalue weighted by Gasteiger charge is 2.14. The molecule has 0 atom stereocenters. The van der Waals surface area contributed by atoms with Crippen LogP contribution in [0.2, 0.25) is 0 Å². The topological polar surface area (TPSA) is 60.7 Å². The van der Waals surface area contributed by atoms with Crippen molar-refractivity contribution < 1.29 is 4.79 Å². The van der Waals surface area contributed by atoms with Gasteiger partial charge in [-0.05, 0) is 13.3 Å². The van der Waals surface area contributed by atoms with Crippen LogP contribution in [0.15, 0.2) is 11.7 Å². The average Bonchev–Trinajstić information content (AvgIpc) is 2.89. The Bertz CT molecular complexity index is 517. The predicted molar refractivity (Wildman–Crippen MR) is 65.2 cm³/mol. The molecule has 17 heavy (non-hydrogen) atoms. The lowest BCUT2D eigenvalue weighted by Gasteiger charge is -2.02. The van der Waals surface area contributed by atoms with E-state index in [1.165, 1.54) is 17.7 Å². The minimum absolute atomic E-state index is 0.000275. The lowest BCUT2D eigenvalue weighted by atomic mass is 10.2. The summed E-state index contributed by atoms with van der Waals surface area (Å²) in [6, 6.07) is 0. The lowest BCUT2D eigenvalue weighted by Crippen LogP contribution is -2.11. The molecule has 0 spiro atoms. The first-order valence-corrected chi connectivity index (χ1v) is 6.40. The zero-order valence-corrected chi connectivity index (χ0v) is 10.7. The van der Waals surface area contributed by atoms with Crippen molar-refractivity contribution in [3.8, 4) is 0 Å². The van der Waals surface area contributed by atoms with Gasteiger partial charge in [0.15, 0.2) is 5.78 Å². The zero-order valence-electron chi connectivity index (χ0n) is 9.88. The predicted octanol–water partition coefficient (Wildman–Crippen LogP) is 1.88. The van der Waals surface area contributed by atoms with E-state index < -0.39 is 0 Å². The molecule has 0 N–H and O–H groups in total. The molecular weight excluding hydrogens is 236 g/mol.